The molecule has 0 spiro atoms. The van der Waals surface area contributed by atoms with Crippen LogP contribution in [0.1, 0.15) is 32.1 Å². The number of anilines is 1. The van der Waals surface area contributed by atoms with Crippen LogP contribution in [0.25, 0.3) is 10.9 Å². The number of nitrogens with one attached hydrogen (secondary N) is 2. The van der Waals surface area contributed by atoms with Crippen LogP contribution in [0.3, 0.4) is 0 Å². The fraction of sp³-hybridized carbons (Fsp3) is 0.438. The third-order valence-corrected chi connectivity index (χ3v) is 4.27. The first-order valence-corrected chi connectivity index (χ1v) is 7.35. The van der Waals surface area contributed by atoms with Gasteiger partial charge in [-0.2, -0.15) is 0 Å². The van der Waals surface area contributed by atoms with E-state index < -0.39 is 0 Å². The number of carbonyl (C=O) groups excluding carboxylic acids is 1. The Labute approximate surface area is 119 Å². The van der Waals surface area contributed by atoms with Crippen molar-refractivity contribution in [1.29, 1.82) is 0 Å². The fourth-order valence-electron chi connectivity index (χ4n) is 3.01. The molecule has 1 aromatic heterocycles. The quantitative estimate of drug-likeness (QED) is 0.853. The molecule has 1 aromatic carbocycles. The molecule has 4 nitrogen and oxygen atoms in total. The highest BCUT2D eigenvalue weighted by atomic mass is 16.2. The maximum absolute atomic E-state index is 12.4. The van der Waals surface area contributed by atoms with Gasteiger partial charge in [-0.3, -0.25) is 0 Å². The Bertz CT molecular complexity index is 599. The van der Waals surface area contributed by atoms with Crippen LogP contribution in [0, 0.1) is 0 Å². The molecule has 0 radical (unpaired) electrons. The van der Waals surface area contributed by atoms with Gasteiger partial charge in [0.15, 0.2) is 0 Å². The number of aromatic nitrogens is 1. The molecule has 1 fully saturated rings. The van der Waals surface area contributed by atoms with Crippen LogP contribution in [0.4, 0.5) is 10.5 Å². The lowest BCUT2D eigenvalue weighted by atomic mass is 9.95. The standard InChI is InChI=1S/C16H21N3O/c1-19(12-7-3-2-4-8-12)16(20)18-15-11-17-14-10-6-5-9-13(14)15/h5-6,9-12,17H,2-4,7-8H2,1H3,(H,18,20). The van der Waals surface area contributed by atoms with E-state index >= 15 is 0 Å². The summed E-state index contributed by atoms with van der Waals surface area (Å²) in [4.78, 5) is 17.4. The summed E-state index contributed by atoms with van der Waals surface area (Å²) in [6.07, 6.45) is 7.87. The van der Waals surface area contributed by atoms with Gasteiger partial charge in [-0.1, -0.05) is 37.5 Å². The van der Waals surface area contributed by atoms with Crippen molar-refractivity contribution in [1.82, 2.24) is 9.88 Å². The summed E-state index contributed by atoms with van der Waals surface area (Å²) in [5.74, 6) is 0. The number of hydrogen-bond donors (Lipinski definition) is 2. The van der Waals surface area contributed by atoms with Crippen LogP contribution in [-0.2, 0) is 0 Å². The molecule has 2 amide bonds. The van der Waals surface area contributed by atoms with Crippen LogP contribution in [0.15, 0.2) is 30.5 Å². The van der Waals surface area contributed by atoms with Gasteiger partial charge in [-0.25, -0.2) is 4.79 Å². The van der Waals surface area contributed by atoms with Crippen molar-refractivity contribution in [3.05, 3.63) is 30.5 Å². The summed E-state index contributed by atoms with van der Waals surface area (Å²) in [6.45, 7) is 0. The number of carbonyl (C=O) groups is 1. The minimum Gasteiger partial charge on any atom is -0.359 e. The molecule has 4 heteroatoms. The van der Waals surface area contributed by atoms with Gasteiger partial charge in [0.1, 0.15) is 0 Å². The van der Waals surface area contributed by atoms with E-state index in [2.05, 4.69) is 10.3 Å². The second-order valence-corrected chi connectivity index (χ2v) is 5.58. The summed E-state index contributed by atoms with van der Waals surface area (Å²) in [5.41, 5.74) is 1.90. The Morgan fingerprint density at radius 2 is 2.00 bits per heavy atom. The lowest BCUT2D eigenvalue weighted by molar-refractivity contribution is 0.186. The van der Waals surface area contributed by atoms with E-state index in [9.17, 15) is 4.79 Å². The monoisotopic (exact) mass is 271 g/mol. The van der Waals surface area contributed by atoms with E-state index in [0.29, 0.717) is 6.04 Å². The van der Waals surface area contributed by atoms with Gasteiger partial charge in [-0.15, -0.1) is 0 Å². The van der Waals surface area contributed by atoms with E-state index in [0.717, 1.165) is 29.4 Å². The molecule has 1 heterocycles. The summed E-state index contributed by atoms with van der Waals surface area (Å²) >= 11 is 0. The first-order chi connectivity index (χ1) is 9.75. The number of fused-ring (bicyclic) bond motifs is 1. The Morgan fingerprint density at radius 1 is 1.25 bits per heavy atom. The van der Waals surface area contributed by atoms with Crippen LogP contribution in [0.5, 0.6) is 0 Å². The predicted octanol–water partition coefficient (Wildman–Crippen LogP) is 3.96. The van der Waals surface area contributed by atoms with Gasteiger partial charge in [0.25, 0.3) is 0 Å². The molecule has 1 aliphatic carbocycles. The third-order valence-electron chi connectivity index (χ3n) is 4.27. The van der Waals surface area contributed by atoms with Crippen molar-refractivity contribution in [2.45, 2.75) is 38.1 Å². The Balaban J connectivity index is 1.71. The van der Waals surface area contributed by atoms with Gasteiger partial charge >= 0.3 is 6.03 Å². The molecule has 20 heavy (non-hydrogen) atoms. The molecule has 2 aromatic rings. The smallest absolute Gasteiger partial charge is 0.321 e. The average molecular weight is 271 g/mol. The molecule has 0 unspecified atom stereocenters. The number of rotatable bonds is 2. The van der Waals surface area contributed by atoms with Crippen molar-refractivity contribution in [3.63, 3.8) is 0 Å². The van der Waals surface area contributed by atoms with Crippen LogP contribution in [0.2, 0.25) is 0 Å². The molecule has 3 rings (SSSR count). The third kappa shape index (κ3) is 2.50. The lowest BCUT2D eigenvalue weighted by Crippen LogP contribution is -2.40. The summed E-state index contributed by atoms with van der Waals surface area (Å²) in [6, 6.07) is 8.36. The number of urea groups is 1. The van der Waals surface area contributed by atoms with Crippen molar-refractivity contribution >= 4 is 22.6 Å². The van der Waals surface area contributed by atoms with Crippen LogP contribution >= 0.6 is 0 Å². The maximum atomic E-state index is 12.4. The van der Waals surface area contributed by atoms with E-state index in [-0.39, 0.29) is 6.03 Å². The molecule has 1 saturated carbocycles. The summed E-state index contributed by atoms with van der Waals surface area (Å²) in [7, 11) is 1.90. The van der Waals surface area contributed by atoms with Gasteiger partial charge in [0, 0.05) is 30.2 Å². The molecule has 0 aliphatic heterocycles. The average Bonchev–Trinajstić information content (AvgIpc) is 2.91. The van der Waals surface area contributed by atoms with E-state index in [1.165, 1.54) is 19.3 Å². The number of nitrogens with zero attached hydrogens (tertiary/aromatic N) is 1. The zero-order chi connectivity index (χ0) is 13.9. The second-order valence-electron chi connectivity index (χ2n) is 5.58. The first kappa shape index (κ1) is 13.0. The highest BCUT2D eigenvalue weighted by Gasteiger charge is 2.22. The molecular formula is C16H21N3O. The van der Waals surface area contributed by atoms with Gasteiger partial charge in [0.2, 0.25) is 0 Å². The fourth-order valence-corrected chi connectivity index (χ4v) is 3.01. The number of hydrogen-bond acceptors (Lipinski definition) is 1. The highest BCUT2D eigenvalue weighted by Crippen LogP contribution is 2.25. The Kier molecular flexibility index (Phi) is 3.63. The molecule has 106 valence electrons. The number of amides is 2. The van der Waals surface area contributed by atoms with Gasteiger partial charge in [0.05, 0.1) is 5.69 Å². The van der Waals surface area contributed by atoms with Gasteiger partial charge in [-0.05, 0) is 18.9 Å². The van der Waals surface area contributed by atoms with Crippen LogP contribution in [-0.4, -0.2) is 29.0 Å². The van der Waals surface area contributed by atoms with Crippen molar-refractivity contribution < 1.29 is 4.79 Å². The largest absolute Gasteiger partial charge is 0.359 e. The van der Waals surface area contributed by atoms with Crippen LogP contribution < -0.4 is 5.32 Å². The predicted molar refractivity (Wildman–Crippen MR) is 82.0 cm³/mol. The summed E-state index contributed by atoms with van der Waals surface area (Å²) < 4.78 is 0. The van der Waals surface area contributed by atoms with Crippen molar-refractivity contribution in [3.8, 4) is 0 Å². The molecule has 1 aliphatic rings. The summed E-state index contributed by atoms with van der Waals surface area (Å²) in [5, 5.41) is 4.07. The number of para-hydroxylation sites is 1. The minimum atomic E-state index is -0.0124. The normalized spacial score (nSPS) is 16.2. The van der Waals surface area contributed by atoms with E-state index in [1.54, 1.807) is 0 Å². The molecular weight excluding hydrogens is 250 g/mol. The van der Waals surface area contributed by atoms with Crippen molar-refractivity contribution in [2.75, 3.05) is 12.4 Å². The zero-order valence-electron chi connectivity index (χ0n) is 11.9. The molecule has 0 saturated heterocycles. The first-order valence-electron chi connectivity index (χ1n) is 7.35. The number of benzene rings is 1. The minimum absolute atomic E-state index is 0.0124. The molecule has 0 bridgehead atoms. The highest BCUT2D eigenvalue weighted by molar-refractivity contribution is 6.00. The SMILES string of the molecule is CN(C(=O)Nc1c[nH]c2ccccc12)C1CCCCC1. The van der Waals surface area contributed by atoms with Gasteiger partial charge < -0.3 is 15.2 Å². The van der Waals surface area contributed by atoms with Crippen molar-refractivity contribution in [2.24, 2.45) is 0 Å². The molecule has 2 N–H and O–H groups in total. The number of aromatic amines is 1. The lowest BCUT2D eigenvalue weighted by Gasteiger charge is -2.31. The maximum Gasteiger partial charge on any atom is 0.321 e. The second kappa shape index (κ2) is 5.57. The number of H-pyrrole nitrogens is 1. The van der Waals surface area contributed by atoms with E-state index in [4.69, 9.17) is 0 Å². The molecule has 0 atom stereocenters. The Hall–Kier alpha value is -1.97. The zero-order valence-corrected chi connectivity index (χ0v) is 11.9. The van der Waals surface area contributed by atoms with E-state index in [1.807, 2.05) is 42.4 Å². The topological polar surface area (TPSA) is 48.1 Å². The Morgan fingerprint density at radius 3 is 2.80 bits per heavy atom.